The van der Waals surface area contributed by atoms with Gasteiger partial charge in [-0.2, -0.15) is 0 Å². The summed E-state index contributed by atoms with van der Waals surface area (Å²) < 4.78 is 0. The average Bonchev–Trinajstić information content (AvgIpc) is 3.30. The van der Waals surface area contributed by atoms with E-state index in [0.29, 0.717) is 21.9 Å². The molecule has 1 aliphatic heterocycles. The van der Waals surface area contributed by atoms with E-state index >= 15 is 0 Å². The van der Waals surface area contributed by atoms with Crippen LogP contribution in [0.1, 0.15) is 16.7 Å². The van der Waals surface area contributed by atoms with Gasteiger partial charge in [-0.25, -0.2) is 4.99 Å². The van der Waals surface area contributed by atoms with Crippen molar-refractivity contribution in [2.45, 2.75) is 0 Å². The van der Waals surface area contributed by atoms with Gasteiger partial charge in [0, 0.05) is 16.5 Å². The Hall–Kier alpha value is -4.10. The normalized spacial score (nSPS) is 15.5. The number of thioether (sulfide) groups is 1. The minimum atomic E-state index is -0.386. The zero-order valence-corrected chi connectivity index (χ0v) is 17.5. The number of aromatic hydroxyl groups is 1. The Kier molecular flexibility index (Phi) is 5.09. The Bertz CT molecular complexity index is 1400. The number of aliphatic imine (C=N–C) groups is 1. The fourth-order valence-corrected chi connectivity index (χ4v) is 4.26. The molecule has 2 heterocycles. The number of nitrogens with one attached hydrogen (secondary N) is 2. The van der Waals surface area contributed by atoms with Gasteiger partial charge in [0.25, 0.3) is 11.1 Å². The smallest absolute Gasteiger partial charge is 0.290 e. The van der Waals surface area contributed by atoms with Crippen LogP contribution in [0.2, 0.25) is 0 Å². The lowest BCUT2D eigenvalue weighted by Gasteiger charge is -2.08. The number of carbonyl (C=O) groups excluding carboxylic acids is 2. The fraction of sp³-hybridized carbons (Fsp3) is 0. The van der Waals surface area contributed by atoms with Crippen LogP contribution in [0.5, 0.6) is 5.88 Å². The zero-order chi connectivity index (χ0) is 22.1. The van der Waals surface area contributed by atoms with Crippen molar-refractivity contribution < 1.29 is 14.7 Å². The number of rotatable bonds is 4. The summed E-state index contributed by atoms with van der Waals surface area (Å²) >= 11 is 0.884. The van der Waals surface area contributed by atoms with Gasteiger partial charge in [0.2, 0.25) is 0 Å². The van der Waals surface area contributed by atoms with E-state index < -0.39 is 0 Å². The molecule has 7 heteroatoms. The number of imide groups is 1. The lowest BCUT2D eigenvalue weighted by atomic mass is 10.0. The SMILES string of the molecule is O=C1NC(=O)C(=Cc2ccc(N=C(c3ccccc3)c3c(O)[nH]c4ccccc34)cc2)S1. The Morgan fingerprint density at radius 2 is 1.62 bits per heavy atom. The average molecular weight is 439 g/mol. The number of nitrogens with zero attached hydrogens (tertiary/aromatic N) is 1. The molecule has 0 unspecified atom stereocenters. The van der Waals surface area contributed by atoms with Gasteiger partial charge in [-0.15, -0.1) is 0 Å². The molecule has 1 saturated heterocycles. The van der Waals surface area contributed by atoms with E-state index in [1.165, 1.54) is 0 Å². The number of para-hydroxylation sites is 1. The third-order valence-electron chi connectivity index (χ3n) is 5.04. The molecule has 3 aromatic carbocycles. The molecule has 1 aliphatic rings. The first-order valence-corrected chi connectivity index (χ1v) is 10.7. The Labute approximate surface area is 187 Å². The zero-order valence-electron chi connectivity index (χ0n) is 16.7. The van der Waals surface area contributed by atoms with Crippen LogP contribution >= 0.6 is 11.8 Å². The molecule has 6 nitrogen and oxygen atoms in total. The quantitative estimate of drug-likeness (QED) is 0.294. The number of aromatic nitrogens is 1. The molecule has 0 atom stereocenters. The van der Waals surface area contributed by atoms with Crippen LogP contribution in [0.25, 0.3) is 17.0 Å². The van der Waals surface area contributed by atoms with Crippen molar-refractivity contribution in [3.8, 4) is 5.88 Å². The van der Waals surface area contributed by atoms with E-state index in [9.17, 15) is 14.7 Å². The molecule has 0 radical (unpaired) electrons. The molecule has 4 aromatic rings. The van der Waals surface area contributed by atoms with E-state index in [1.807, 2.05) is 78.9 Å². The third-order valence-corrected chi connectivity index (χ3v) is 5.85. The highest BCUT2D eigenvalue weighted by Crippen LogP contribution is 2.32. The van der Waals surface area contributed by atoms with E-state index in [4.69, 9.17) is 4.99 Å². The van der Waals surface area contributed by atoms with Crippen LogP contribution in [0.4, 0.5) is 10.5 Å². The van der Waals surface area contributed by atoms with Crippen molar-refractivity contribution in [2.75, 3.05) is 0 Å². The van der Waals surface area contributed by atoms with Crippen molar-refractivity contribution in [3.05, 3.63) is 100 Å². The van der Waals surface area contributed by atoms with Gasteiger partial charge in [-0.3, -0.25) is 14.9 Å². The minimum absolute atomic E-state index is 0.0593. The first kappa shape index (κ1) is 19.8. The summed E-state index contributed by atoms with van der Waals surface area (Å²) in [5.74, 6) is -0.327. The molecule has 3 N–H and O–H groups in total. The maximum atomic E-state index is 11.8. The number of benzene rings is 3. The summed E-state index contributed by atoms with van der Waals surface area (Å²) in [5.41, 5.74) is 4.45. The highest BCUT2D eigenvalue weighted by molar-refractivity contribution is 8.18. The predicted octanol–water partition coefficient (Wildman–Crippen LogP) is 5.37. The lowest BCUT2D eigenvalue weighted by molar-refractivity contribution is -0.115. The van der Waals surface area contributed by atoms with Crippen molar-refractivity contribution in [3.63, 3.8) is 0 Å². The molecule has 0 saturated carbocycles. The van der Waals surface area contributed by atoms with Crippen LogP contribution in [-0.2, 0) is 4.79 Å². The second kappa shape index (κ2) is 8.20. The van der Waals surface area contributed by atoms with Crippen LogP contribution in [0.3, 0.4) is 0 Å². The Morgan fingerprint density at radius 3 is 2.34 bits per heavy atom. The first-order chi connectivity index (χ1) is 15.6. The molecule has 156 valence electrons. The molecule has 0 bridgehead atoms. The molecule has 2 amide bonds. The largest absolute Gasteiger partial charge is 0.494 e. The van der Waals surface area contributed by atoms with Crippen LogP contribution in [0, 0.1) is 0 Å². The molecule has 1 fully saturated rings. The summed E-state index contributed by atoms with van der Waals surface area (Å²) in [6.45, 7) is 0. The Balaban J connectivity index is 1.58. The number of hydrogen-bond acceptors (Lipinski definition) is 5. The number of H-pyrrole nitrogens is 1. The molecule has 1 aromatic heterocycles. The minimum Gasteiger partial charge on any atom is -0.494 e. The van der Waals surface area contributed by atoms with E-state index in [1.54, 1.807) is 6.08 Å². The number of amides is 2. The lowest BCUT2D eigenvalue weighted by Crippen LogP contribution is -2.17. The van der Waals surface area contributed by atoms with E-state index in [0.717, 1.165) is 33.8 Å². The fourth-order valence-electron chi connectivity index (χ4n) is 3.57. The van der Waals surface area contributed by atoms with Crippen molar-refractivity contribution in [1.82, 2.24) is 10.3 Å². The maximum absolute atomic E-state index is 11.8. The van der Waals surface area contributed by atoms with Gasteiger partial charge in [-0.05, 0) is 41.6 Å². The van der Waals surface area contributed by atoms with Crippen molar-refractivity contribution in [1.29, 1.82) is 0 Å². The van der Waals surface area contributed by atoms with Crippen LogP contribution in [-0.4, -0.2) is 26.9 Å². The maximum Gasteiger partial charge on any atom is 0.290 e. The number of hydrogen-bond donors (Lipinski definition) is 3. The summed E-state index contributed by atoms with van der Waals surface area (Å²) in [6, 6.07) is 24.7. The monoisotopic (exact) mass is 439 g/mol. The van der Waals surface area contributed by atoms with E-state index in [2.05, 4.69) is 10.3 Å². The van der Waals surface area contributed by atoms with Gasteiger partial charge in [0.1, 0.15) is 0 Å². The molecule has 5 rings (SSSR count). The summed E-state index contributed by atoms with van der Waals surface area (Å²) in [5, 5.41) is 13.4. The summed E-state index contributed by atoms with van der Waals surface area (Å²) in [7, 11) is 0. The van der Waals surface area contributed by atoms with Crippen LogP contribution in [0.15, 0.2) is 88.8 Å². The third kappa shape index (κ3) is 3.81. The first-order valence-electron chi connectivity index (χ1n) is 9.87. The Morgan fingerprint density at radius 1 is 0.906 bits per heavy atom. The highest BCUT2D eigenvalue weighted by Gasteiger charge is 2.25. The number of fused-ring (bicyclic) bond motifs is 1. The van der Waals surface area contributed by atoms with E-state index in [-0.39, 0.29) is 17.0 Å². The topological polar surface area (TPSA) is 94.6 Å². The second-order valence-corrected chi connectivity index (χ2v) is 8.18. The van der Waals surface area contributed by atoms with Gasteiger partial charge in [-0.1, -0.05) is 60.7 Å². The molecular weight excluding hydrogens is 422 g/mol. The molecular formula is C25H17N3O3S. The predicted molar refractivity (Wildman–Crippen MR) is 127 cm³/mol. The number of carbonyl (C=O) groups is 2. The second-order valence-electron chi connectivity index (χ2n) is 7.16. The standard InChI is InChI=1S/C25H17N3O3S/c29-23-20(32-25(31)28-23)14-15-10-12-17(13-11-15)26-22(16-6-2-1-3-7-16)21-18-8-4-5-9-19(18)27-24(21)30/h1-14,27,30H,(H,28,29,31). The van der Waals surface area contributed by atoms with Gasteiger partial charge < -0.3 is 10.1 Å². The highest BCUT2D eigenvalue weighted by atomic mass is 32.2. The summed E-state index contributed by atoms with van der Waals surface area (Å²) in [4.78, 5) is 31.3. The van der Waals surface area contributed by atoms with Crippen molar-refractivity contribution in [2.24, 2.45) is 4.99 Å². The molecule has 0 aliphatic carbocycles. The van der Waals surface area contributed by atoms with Gasteiger partial charge in [0.05, 0.1) is 21.9 Å². The molecule has 0 spiro atoms. The van der Waals surface area contributed by atoms with Crippen LogP contribution < -0.4 is 5.32 Å². The molecule has 32 heavy (non-hydrogen) atoms. The van der Waals surface area contributed by atoms with Gasteiger partial charge in [0.15, 0.2) is 5.88 Å². The van der Waals surface area contributed by atoms with Gasteiger partial charge >= 0.3 is 0 Å². The summed E-state index contributed by atoms with van der Waals surface area (Å²) in [6.07, 6.45) is 1.67. The number of aromatic amines is 1. The van der Waals surface area contributed by atoms with Crippen molar-refractivity contribution >= 4 is 51.3 Å².